The van der Waals surface area contributed by atoms with Crippen molar-refractivity contribution in [3.05, 3.63) is 0 Å². The normalized spacial score (nSPS) is 27.1. The quantitative estimate of drug-likeness (QED) is 0.861. The van der Waals surface area contributed by atoms with Gasteiger partial charge in [0.15, 0.2) is 0 Å². The molecule has 20 heavy (non-hydrogen) atoms. The van der Waals surface area contributed by atoms with Crippen LogP contribution in [0.2, 0.25) is 0 Å². The number of nitrogens with two attached hydrogens (primary N) is 1. The van der Waals surface area contributed by atoms with Crippen LogP contribution in [0.4, 0.5) is 0 Å². The van der Waals surface area contributed by atoms with E-state index in [2.05, 4.69) is 6.92 Å². The molecule has 116 valence electrons. The van der Waals surface area contributed by atoms with E-state index in [1.54, 1.807) is 0 Å². The van der Waals surface area contributed by atoms with E-state index in [1.807, 2.05) is 4.90 Å². The maximum Gasteiger partial charge on any atom is 0.242 e. The molecule has 1 saturated carbocycles. The molecule has 1 aliphatic heterocycles. The van der Waals surface area contributed by atoms with Gasteiger partial charge in [-0.1, -0.05) is 26.2 Å². The Kier molecular flexibility index (Phi) is 5.85. The first-order valence-corrected chi connectivity index (χ1v) is 8.35. The molecule has 1 aliphatic carbocycles. The molecule has 1 saturated heterocycles. The van der Waals surface area contributed by atoms with E-state index in [0.717, 1.165) is 71.1 Å². The zero-order valence-electron chi connectivity index (χ0n) is 12.9. The maximum atomic E-state index is 12.7. The van der Waals surface area contributed by atoms with Crippen molar-refractivity contribution >= 4 is 5.91 Å². The molecule has 0 aromatic heterocycles. The molecule has 2 rings (SSSR count). The van der Waals surface area contributed by atoms with Crippen molar-refractivity contribution in [3.8, 4) is 0 Å². The zero-order valence-corrected chi connectivity index (χ0v) is 12.9. The molecule has 0 bridgehead atoms. The van der Waals surface area contributed by atoms with Gasteiger partial charge in [0.2, 0.25) is 5.91 Å². The highest BCUT2D eigenvalue weighted by Gasteiger charge is 2.38. The summed E-state index contributed by atoms with van der Waals surface area (Å²) in [7, 11) is 0. The molecule has 2 N–H and O–H groups in total. The minimum Gasteiger partial charge on any atom is -0.378 e. The average Bonchev–Trinajstić information content (AvgIpc) is 2.70. The number of carbonyl (C=O) groups excluding carboxylic acids is 1. The van der Waals surface area contributed by atoms with Crippen molar-refractivity contribution in [1.82, 2.24) is 4.90 Å². The minimum atomic E-state index is -0.581. The van der Waals surface area contributed by atoms with Gasteiger partial charge in [-0.15, -0.1) is 0 Å². The van der Waals surface area contributed by atoms with Crippen LogP contribution < -0.4 is 5.73 Å². The van der Waals surface area contributed by atoms with Gasteiger partial charge < -0.3 is 15.4 Å². The molecule has 0 spiro atoms. The number of hydrogen-bond acceptors (Lipinski definition) is 3. The standard InChI is InChI=1S/C16H30N2O2/c1-2-13-20-14-7-6-11-18(12-8-14)15(19)16(17)9-4-3-5-10-16/h14H,2-13,17H2,1H3. The summed E-state index contributed by atoms with van der Waals surface area (Å²) >= 11 is 0. The summed E-state index contributed by atoms with van der Waals surface area (Å²) in [5.74, 6) is 0.188. The maximum absolute atomic E-state index is 12.7. The Morgan fingerprint density at radius 1 is 1.20 bits per heavy atom. The van der Waals surface area contributed by atoms with Gasteiger partial charge >= 0.3 is 0 Å². The first kappa shape index (κ1) is 15.8. The second-order valence-corrected chi connectivity index (χ2v) is 6.43. The van der Waals surface area contributed by atoms with E-state index in [-0.39, 0.29) is 5.91 Å². The van der Waals surface area contributed by atoms with E-state index in [0.29, 0.717) is 6.10 Å². The second-order valence-electron chi connectivity index (χ2n) is 6.43. The van der Waals surface area contributed by atoms with Gasteiger partial charge in [-0.3, -0.25) is 4.79 Å². The molecule has 0 radical (unpaired) electrons. The Hall–Kier alpha value is -0.610. The fourth-order valence-corrected chi connectivity index (χ4v) is 3.43. The SMILES string of the molecule is CCCOC1CCCN(C(=O)C2(N)CCCCC2)CC1. The molecule has 4 nitrogen and oxygen atoms in total. The van der Waals surface area contributed by atoms with Crippen LogP contribution in [-0.4, -0.2) is 42.1 Å². The van der Waals surface area contributed by atoms with Crippen LogP contribution in [0.5, 0.6) is 0 Å². The lowest BCUT2D eigenvalue weighted by molar-refractivity contribution is -0.138. The van der Waals surface area contributed by atoms with Crippen molar-refractivity contribution in [1.29, 1.82) is 0 Å². The van der Waals surface area contributed by atoms with E-state index >= 15 is 0 Å². The van der Waals surface area contributed by atoms with Gasteiger partial charge in [-0.25, -0.2) is 0 Å². The van der Waals surface area contributed by atoms with Crippen molar-refractivity contribution in [2.24, 2.45) is 5.73 Å². The third-order valence-corrected chi connectivity index (χ3v) is 4.69. The molecule has 1 heterocycles. The van der Waals surface area contributed by atoms with Crippen LogP contribution in [0.15, 0.2) is 0 Å². The largest absolute Gasteiger partial charge is 0.378 e. The van der Waals surface area contributed by atoms with Crippen molar-refractivity contribution < 1.29 is 9.53 Å². The first-order valence-electron chi connectivity index (χ1n) is 8.35. The van der Waals surface area contributed by atoms with Gasteiger partial charge in [0, 0.05) is 19.7 Å². The number of rotatable bonds is 4. The van der Waals surface area contributed by atoms with E-state index in [1.165, 1.54) is 6.42 Å². The number of nitrogens with zero attached hydrogens (tertiary/aromatic N) is 1. The topological polar surface area (TPSA) is 55.6 Å². The molecule has 1 atom stereocenters. The molecule has 1 unspecified atom stereocenters. The predicted molar refractivity (Wildman–Crippen MR) is 80.5 cm³/mol. The summed E-state index contributed by atoms with van der Waals surface area (Å²) in [6, 6.07) is 0. The van der Waals surface area contributed by atoms with Crippen molar-refractivity contribution in [2.75, 3.05) is 19.7 Å². The third-order valence-electron chi connectivity index (χ3n) is 4.69. The number of likely N-dealkylation sites (tertiary alicyclic amines) is 1. The molecular formula is C16H30N2O2. The molecule has 0 aromatic rings. The summed E-state index contributed by atoms with van der Waals surface area (Å²) in [6.07, 6.45) is 9.59. The van der Waals surface area contributed by atoms with Crippen LogP contribution in [0.25, 0.3) is 0 Å². The summed E-state index contributed by atoms with van der Waals surface area (Å²) in [4.78, 5) is 14.7. The highest BCUT2D eigenvalue weighted by Crippen LogP contribution is 2.28. The monoisotopic (exact) mass is 282 g/mol. The van der Waals surface area contributed by atoms with Gasteiger partial charge in [-0.05, 0) is 38.5 Å². The fourth-order valence-electron chi connectivity index (χ4n) is 3.43. The number of amides is 1. The Morgan fingerprint density at radius 3 is 2.65 bits per heavy atom. The van der Waals surface area contributed by atoms with Gasteiger partial charge in [0.1, 0.15) is 0 Å². The van der Waals surface area contributed by atoms with E-state index in [4.69, 9.17) is 10.5 Å². The molecule has 2 aliphatic rings. The summed E-state index contributed by atoms with van der Waals surface area (Å²) < 4.78 is 5.84. The van der Waals surface area contributed by atoms with Gasteiger partial charge in [-0.2, -0.15) is 0 Å². The third kappa shape index (κ3) is 3.95. The first-order chi connectivity index (χ1) is 9.65. The van der Waals surface area contributed by atoms with E-state index < -0.39 is 5.54 Å². The van der Waals surface area contributed by atoms with Crippen molar-refractivity contribution in [2.45, 2.75) is 76.4 Å². The lowest BCUT2D eigenvalue weighted by atomic mass is 9.81. The summed E-state index contributed by atoms with van der Waals surface area (Å²) in [6.45, 7) is 4.63. The van der Waals surface area contributed by atoms with Crippen LogP contribution in [0.3, 0.4) is 0 Å². The fraction of sp³-hybridized carbons (Fsp3) is 0.938. The minimum absolute atomic E-state index is 0.188. The molecule has 4 heteroatoms. The van der Waals surface area contributed by atoms with Crippen LogP contribution >= 0.6 is 0 Å². The Morgan fingerprint density at radius 2 is 1.95 bits per heavy atom. The molecular weight excluding hydrogens is 252 g/mol. The summed E-state index contributed by atoms with van der Waals surface area (Å²) in [5.41, 5.74) is 5.80. The Bertz CT molecular complexity index is 314. The Labute approximate surface area is 123 Å². The average molecular weight is 282 g/mol. The molecule has 2 fully saturated rings. The molecule has 1 amide bonds. The number of ether oxygens (including phenoxy) is 1. The van der Waals surface area contributed by atoms with Crippen LogP contribution in [-0.2, 0) is 9.53 Å². The summed E-state index contributed by atoms with van der Waals surface area (Å²) in [5, 5.41) is 0. The van der Waals surface area contributed by atoms with Crippen molar-refractivity contribution in [3.63, 3.8) is 0 Å². The zero-order chi connectivity index (χ0) is 14.4. The smallest absolute Gasteiger partial charge is 0.242 e. The second kappa shape index (κ2) is 7.41. The van der Waals surface area contributed by atoms with Gasteiger partial charge in [0.25, 0.3) is 0 Å². The number of carbonyl (C=O) groups is 1. The lowest BCUT2D eigenvalue weighted by Gasteiger charge is -2.36. The lowest BCUT2D eigenvalue weighted by Crippen LogP contribution is -2.56. The highest BCUT2D eigenvalue weighted by molar-refractivity contribution is 5.86. The Balaban J connectivity index is 1.87. The predicted octanol–water partition coefficient (Wildman–Crippen LogP) is 2.46. The highest BCUT2D eigenvalue weighted by atomic mass is 16.5. The van der Waals surface area contributed by atoms with Crippen LogP contribution in [0.1, 0.15) is 64.7 Å². The van der Waals surface area contributed by atoms with Crippen LogP contribution in [0, 0.1) is 0 Å². The van der Waals surface area contributed by atoms with E-state index in [9.17, 15) is 4.79 Å². The van der Waals surface area contributed by atoms with Gasteiger partial charge in [0.05, 0.1) is 11.6 Å². The molecule has 0 aromatic carbocycles. The number of hydrogen-bond donors (Lipinski definition) is 1.